The number of amides is 1. The lowest BCUT2D eigenvalue weighted by Crippen LogP contribution is -2.28. The molecule has 0 N–H and O–H groups in total. The lowest BCUT2D eigenvalue weighted by molar-refractivity contribution is -0.129. The molecule has 6 heteroatoms. The second-order valence-electron chi connectivity index (χ2n) is 5.57. The Morgan fingerprint density at radius 3 is 2.68 bits per heavy atom. The molecule has 2 unspecified atom stereocenters. The first-order chi connectivity index (χ1) is 10.6. The van der Waals surface area contributed by atoms with E-state index in [2.05, 4.69) is 10.1 Å². The van der Waals surface area contributed by atoms with Crippen molar-refractivity contribution in [1.29, 1.82) is 0 Å². The fourth-order valence-electron chi connectivity index (χ4n) is 2.82. The monoisotopic (exact) mass is 301 g/mol. The largest absolute Gasteiger partial charge is 0.497 e. The first kappa shape index (κ1) is 14.6. The summed E-state index contributed by atoms with van der Waals surface area (Å²) in [6, 6.07) is 7.81. The molecule has 0 aliphatic carbocycles. The second kappa shape index (κ2) is 5.79. The molecule has 1 aliphatic rings. The molecule has 2 atom stereocenters. The third-order valence-corrected chi connectivity index (χ3v) is 4.13. The Hall–Kier alpha value is -2.37. The number of benzene rings is 1. The fourth-order valence-corrected chi connectivity index (χ4v) is 2.82. The molecule has 1 amide bonds. The van der Waals surface area contributed by atoms with Gasteiger partial charge in [-0.05, 0) is 24.6 Å². The molecule has 0 spiro atoms. The number of rotatable bonds is 4. The lowest BCUT2D eigenvalue weighted by atomic mass is 10.1. The Labute approximate surface area is 129 Å². The molecule has 1 fully saturated rings. The highest BCUT2D eigenvalue weighted by Gasteiger charge is 2.36. The van der Waals surface area contributed by atoms with E-state index in [9.17, 15) is 4.79 Å². The topological polar surface area (TPSA) is 68.5 Å². The van der Waals surface area contributed by atoms with Gasteiger partial charge >= 0.3 is 0 Å². The van der Waals surface area contributed by atoms with E-state index in [1.54, 1.807) is 14.0 Å². The van der Waals surface area contributed by atoms with Crippen LogP contribution >= 0.6 is 0 Å². The van der Waals surface area contributed by atoms with E-state index in [0.29, 0.717) is 24.7 Å². The van der Waals surface area contributed by atoms with Crippen molar-refractivity contribution in [2.24, 2.45) is 0 Å². The van der Waals surface area contributed by atoms with Gasteiger partial charge in [0.1, 0.15) is 5.75 Å². The molecular weight excluding hydrogens is 282 g/mol. The van der Waals surface area contributed by atoms with Crippen LogP contribution in [0, 0.1) is 6.92 Å². The number of aromatic nitrogens is 2. The summed E-state index contributed by atoms with van der Waals surface area (Å²) >= 11 is 0. The van der Waals surface area contributed by atoms with Crippen molar-refractivity contribution in [3.05, 3.63) is 41.5 Å². The van der Waals surface area contributed by atoms with E-state index in [1.807, 2.05) is 36.1 Å². The van der Waals surface area contributed by atoms with Crippen molar-refractivity contribution in [1.82, 2.24) is 15.0 Å². The average molecular weight is 301 g/mol. The van der Waals surface area contributed by atoms with Crippen LogP contribution in [0.5, 0.6) is 5.75 Å². The molecule has 2 aromatic rings. The summed E-state index contributed by atoms with van der Waals surface area (Å²) < 4.78 is 10.2. The molecular formula is C16H19N3O3. The standard InChI is InChI=1S/C16H19N3O3/c1-10(12-4-6-14(21-3)7-5-12)19-9-13(8-15(19)20)16-17-11(2)22-18-16/h4-7,10,13H,8-9H2,1-3H3. The van der Waals surface area contributed by atoms with E-state index in [1.165, 1.54) is 0 Å². The molecule has 1 saturated heterocycles. The van der Waals surface area contributed by atoms with Gasteiger partial charge in [-0.3, -0.25) is 4.79 Å². The van der Waals surface area contributed by atoms with E-state index < -0.39 is 0 Å². The van der Waals surface area contributed by atoms with Gasteiger partial charge in [0.2, 0.25) is 11.8 Å². The van der Waals surface area contributed by atoms with Crippen LogP contribution in [0.15, 0.2) is 28.8 Å². The van der Waals surface area contributed by atoms with E-state index >= 15 is 0 Å². The summed E-state index contributed by atoms with van der Waals surface area (Å²) in [5.41, 5.74) is 1.08. The van der Waals surface area contributed by atoms with Crippen molar-refractivity contribution in [2.75, 3.05) is 13.7 Å². The third kappa shape index (κ3) is 2.68. The van der Waals surface area contributed by atoms with Crippen molar-refractivity contribution in [3.63, 3.8) is 0 Å². The molecule has 3 rings (SSSR count). The van der Waals surface area contributed by atoms with Crippen LogP contribution in [0.1, 0.15) is 42.6 Å². The number of carbonyl (C=O) groups is 1. The van der Waals surface area contributed by atoms with E-state index in [-0.39, 0.29) is 17.9 Å². The smallest absolute Gasteiger partial charge is 0.223 e. The van der Waals surface area contributed by atoms with Gasteiger partial charge in [-0.15, -0.1) is 0 Å². The van der Waals surface area contributed by atoms with Crippen LogP contribution < -0.4 is 4.74 Å². The van der Waals surface area contributed by atoms with Gasteiger partial charge in [-0.1, -0.05) is 17.3 Å². The van der Waals surface area contributed by atoms with Crippen LogP contribution in [0.4, 0.5) is 0 Å². The highest BCUT2D eigenvalue weighted by atomic mass is 16.5. The number of hydrogen-bond acceptors (Lipinski definition) is 5. The van der Waals surface area contributed by atoms with Crippen LogP contribution in [0.25, 0.3) is 0 Å². The van der Waals surface area contributed by atoms with E-state index in [0.717, 1.165) is 11.3 Å². The maximum absolute atomic E-state index is 12.3. The minimum atomic E-state index is 0.00523. The molecule has 0 saturated carbocycles. The first-order valence-electron chi connectivity index (χ1n) is 7.32. The molecule has 22 heavy (non-hydrogen) atoms. The Morgan fingerprint density at radius 2 is 2.09 bits per heavy atom. The summed E-state index contributed by atoms with van der Waals surface area (Å²) in [5.74, 6) is 2.09. The van der Waals surface area contributed by atoms with Gasteiger partial charge in [0.25, 0.3) is 0 Å². The first-order valence-corrected chi connectivity index (χ1v) is 7.32. The van der Waals surface area contributed by atoms with E-state index in [4.69, 9.17) is 9.26 Å². The highest BCUT2D eigenvalue weighted by Crippen LogP contribution is 2.33. The van der Waals surface area contributed by atoms with Gasteiger partial charge in [0.05, 0.1) is 13.2 Å². The Kier molecular flexibility index (Phi) is 3.83. The number of carbonyl (C=O) groups excluding carboxylic acids is 1. The van der Waals surface area contributed by atoms with Gasteiger partial charge < -0.3 is 14.2 Å². The lowest BCUT2D eigenvalue weighted by Gasteiger charge is -2.25. The predicted molar refractivity (Wildman–Crippen MR) is 79.5 cm³/mol. The van der Waals surface area contributed by atoms with Crippen LogP contribution in [-0.4, -0.2) is 34.6 Å². The van der Waals surface area contributed by atoms with Crippen molar-refractivity contribution in [2.45, 2.75) is 32.2 Å². The maximum atomic E-state index is 12.3. The second-order valence-corrected chi connectivity index (χ2v) is 5.57. The zero-order chi connectivity index (χ0) is 15.7. The van der Waals surface area contributed by atoms with Gasteiger partial charge in [-0.25, -0.2) is 0 Å². The van der Waals surface area contributed by atoms with Crippen LogP contribution in [0.3, 0.4) is 0 Å². The number of likely N-dealkylation sites (tertiary alicyclic amines) is 1. The number of aryl methyl sites for hydroxylation is 1. The number of methoxy groups -OCH3 is 1. The Balaban J connectivity index is 1.75. The van der Waals surface area contributed by atoms with Gasteiger partial charge in [0.15, 0.2) is 5.82 Å². The summed E-state index contributed by atoms with van der Waals surface area (Å²) in [4.78, 5) is 18.4. The van der Waals surface area contributed by atoms with Gasteiger partial charge in [-0.2, -0.15) is 4.98 Å². The summed E-state index contributed by atoms with van der Waals surface area (Å²) in [6.45, 7) is 4.40. The minimum absolute atomic E-state index is 0.00523. The van der Waals surface area contributed by atoms with Gasteiger partial charge in [0, 0.05) is 25.8 Å². The quantitative estimate of drug-likeness (QED) is 0.867. The Bertz CT molecular complexity index is 666. The zero-order valence-electron chi connectivity index (χ0n) is 12.9. The van der Waals surface area contributed by atoms with Crippen LogP contribution in [-0.2, 0) is 4.79 Å². The summed E-state index contributed by atoms with van der Waals surface area (Å²) in [5, 5.41) is 3.94. The minimum Gasteiger partial charge on any atom is -0.497 e. The number of nitrogens with zero attached hydrogens (tertiary/aromatic N) is 3. The maximum Gasteiger partial charge on any atom is 0.223 e. The molecule has 116 valence electrons. The third-order valence-electron chi connectivity index (χ3n) is 4.13. The molecule has 0 radical (unpaired) electrons. The Morgan fingerprint density at radius 1 is 1.36 bits per heavy atom. The molecule has 1 aromatic carbocycles. The number of ether oxygens (including phenoxy) is 1. The molecule has 6 nitrogen and oxygen atoms in total. The molecule has 2 heterocycles. The van der Waals surface area contributed by atoms with Crippen LogP contribution in [0.2, 0.25) is 0 Å². The molecule has 1 aromatic heterocycles. The fraction of sp³-hybridized carbons (Fsp3) is 0.438. The molecule has 0 bridgehead atoms. The van der Waals surface area contributed by atoms with Crippen molar-refractivity contribution in [3.8, 4) is 5.75 Å². The average Bonchev–Trinajstić information content (AvgIpc) is 3.12. The normalized spacial score (nSPS) is 19.5. The summed E-state index contributed by atoms with van der Waals surface area (Å²) in [7, 11) is 1.64. The predicted octanol–water partition coefficient (Wildman–Crippen LogP) is 2.46. The van der Waals surface area contributed by atoms with Crippen molar-refractivity contribution >= 4 is 5.91 Å². The molecule has 1 aliphatic heterocycles. The van der Waals surface area contributed by atoms with Crippen molar-refractivity contribution < 1.29 is 14.1 Å². The zero-order valence-corrected chi connectivity index (χ0v) is 12.9. The highest BCUT2D eigenvalue weighted by molar-refractivity contribution is 5.80. The summed E-state index contributed by atoms with van der Waals surface area (Å²) in [6.07, 6.45) is 0.430. The SMILES string of the molecule is COc1ccc(C(C)N2CC(c3noc(C)n3)CC2=O)cc1. The number of hydrogen-bond donors (Lipinski definition) is 0.